The zero-order valence-corrected chi connectivity index (χ0v) is 13.6. The van der Waals surface area contributed by atoms with E-state index >= 15 is 0 Å². The lowest BCUT2D eigenvalue weighted by molar-refractivity contribution is -0.152. The van der Waals surface area contributed by atoms with Crippen molar-refractivity contribution in [3.63, 3.8) is 0 Å². The minimum Gasteiger partial charge on any atom is -0.452 e. The molecule has 0 saturated heterocycles. The molecule has 5 nitrogen and oxygen atoms in total. The van der Waals surface area contributed by atoms with Gasteiger partial charge in [0.15, 0.2) is 6.10 Å². The van der Waals surface area contributed by atoms with Gasteiger partial charge in [0.1, 0.15) is 6.07 Å². The highest BCUT2D eigenvalue weighted by molar-refractivity contribution is 5.96. The summed E-state index contributed by atoms with van der Waals surface area (Å²) in [6.45, 7) is 3.46. The van der Waals surface area contributed by atoms with E-state index < -0.39 is 18.0 Å². The lowest BCUT2D eigenvalue weighted by atomic mass is 10.1. The fraction of sp³-hybridized carbons (Fsp3) is 0.211. The van der Waals surface area contributed by atoms with E-state index in [1.54, 1.807) is 24.3 Å². The molecule has 5 heteroatoms. The number of benzene rings is 2. The maximum Gasteiger partial charge on any atom is 0.311 e. The van der Waals surface area contributed by atoms with Crippen molar-refractivity contribution in [3.05, 3.63) is 65.2 Å². The van der Waals surface area contributed by atoms with Crippen molar-refractivity contribution >= 4 is 17.6 Å². The van der Waals surface area contributed by atoms with E-state index in [9.17, 15) is 9.59 Å². The molecule has 0 radical (unpaired) electrons. The summed E-state index contributed by atoms with van der Waals surface area (Å²) in [6, 6.07) is 16.2. The first kappa shape index (κ1) is 17.2. The molecule has 0 fully saturated rings. The van der Waals surface area contributed by atoms with Crippen molar-refractivity contribution < 1.29 is 14.3 Å². The number of para-hydroxylation sites is 1. The summed E-state index contributed by atoms with van der Waals surface area (Å²) >= 11 is 0. The Morgan fingerprint density at radius 2 is 1.83 bits per heavy atom. The number of hydrogen-bond donors (Lipinski definition) is 1. The van der Waals surface area contributed by atoms with E-state index in [1.807, 2.05) is 37.3 Å². The van der Waals surface area contributed by atoms with Gasteiger partial charge in [-0.2, -0.15) is 5.26 Å². The third kappa shape index (κ3) is 4.68. The number of hydrogen-bond acceptors (Lipinski definition) is 4. The number of nitriles is 1. The Balaban J connectivity index is 1.92. The molecule has 0 bridgehead atoms. The molecule has 0 aliphatic carbocycles. The van der Waals surface area contributed by atoms with Crippen molar-refractivity contribution in [3.8, 4) is 6.07 Å². The molecule has 24 heavy (non-hydrogen) atoms. The highest BCUT2D eigenvalue weighted by atomic mass is 16.5. The smallest absolute Gasteiger partial charge is 0.311 e. The molecule has 1 N–H and O–H groups in total. The Morgan fingerprint density at radius 1 is 1.17 bits per heavy atom. The number of aryl methyl sites for hydroxylation is 1. The number of nitrogens with one attached hydrogen (secondary N) is 1. The Labute approximate surface area is 140 Å². The van der Waals surface area contributed by atoms with E-state index in [0.717, 1.165) is 11.1 Å². The third-order valence-corrected chi connectivity index (χ3v) is 3.45. The lowest BCUT2D eigenvalue weighted by Gasteiger charge is -2.14. The third-order valence-electron chi connectivity index (χ3n) is 3.45. The van der Waals surface area contributed by atoms with Crippen molar-refractivity contribution in [1.29, 1.82) is 5.26 Å². The molecule has 122 valence electrons. The molecule has 0 heterocycles. The fourth-order valence-corrected chi connectivity index (χ4v) is 2.09. The maximum absolute atomic E-state index is 12.1. The first-order chi connectivity index (χ1) is 11.5. The summed E-state index contributed by atoms with van der Waals surface area (Å²) in [5.74, 6) is -0.954. The van der Waals surface area contributed by atoms with Gasteiger partial charge in [-0.05, 0) is 31.5 Å². The van der Waals surface area contributed by atoms with Gasteiger partial charge in [0.2, 0.25) is 0 Å². The van der Waals surface area contributed by atoms with Crippen LogP contribution in [-0.4, -0.2) is 18.0 Å². The van der Waals surface area contributed by atoms with Crippen LogP contribution in [0.1, 0.15) is 23.6 Å². The van der Waals surface area contributed by atoms with E-state index in [4.69, 9.17) is 10.00 Å². The molecule has 1 unspecified atom stereocenters. The number of rotatable bonds is 5. The van der Waals surface area contributed by atoms with Gasteiger partial charge in [-0.15, -0.1) is 0 Å². The summed E-state index contributed by atoms with van der Waals surface area (Å²) in [5.41, 5.74) is 2.68. The Kier molecular flexibility index (Phi) is 5.69. The molecule has 1 atom stereocenters. The molecule has 0 aliphatic rings. The van der Waals surface area contributed by atoms with Gasteiger partial charge >= 0.3 is 5.97 Å². The fourth-order valence-electron chi connectivity index (χ4n) is 2.09. The van der Waals surface area contributed by atoms with Crippen LogP contribution < -0.4 is 5.32 Å². The van der Waals surface area contributed by atoms with Gasteiger partial charge in [-0.25, -0.2) is 0 Å². The highest BCUT2D eigenvalue weighted by Gasteiger charge is 2.19. The summed E-state index contributed by atoms with van der Waals surface area (Å²) in [4.78, 5) is 24.0. The van der Waals surface area contributed by atoms with Crippen LogP contribution in [0.2, 0.25) is 0 Å². The maximum atomic E-state index is 12.1. The summed E-state index contributed by atoms with van der Waals surface area (Å²) in [6.07, 6.45) is -0.846. The standard InChI is InChI=1S/C19H18N2O3/c1-13-7-9-15(10-8-13)11-18(22)24-14(2)19(23)21-17-6-4-3-5-16(17)12-20/h3-10,14H,11H2,1-2H3,(H,21,23). The largest absolute Gasteiger partial charge is 0.452 e. The van der Waals surface area contributed by atoms with Gasteiger partial charge in [0.25, 0.3) is 5.91 Å². The zero-order chi connectivity index (χ0) is 17.5. The summed E-state index contributed by atoms with van der Waals surface area (Å²) in [5, 5.41) is 11.6. The molecule has 0 aromatic heterocycles. The van der Waals surface area contributed by atoms with Crippen molar-refractivity contribution in [2.24, 2.45) is 0 Å². The molecular formula is C19H18N2O3. The molecule has 1 amide bonds. The van der Waals surface area contributed by atoms with E-state index in [0.29, 0.717) is 11.3 Å². The number of ether oxygens (including phenoxy) is 1. The van der Waals surface area contributed by atoms with Crippen molar-refractivity contribution in [2.75, 3.05) is 5.32 Å². The molecule has 0 aliphatic heterocycles. The van der Waals surface area contributed by atoms with Gasteiger partial charge in [-0.3, -0.25) is 9.59 Å². The molecule has 0 saturated carbocycles. The second-order valence-electron chi connectivity index (χ2n) is 5.44. The van der Waals surface area contributed by atoms with Crippen LogP contribution in [0.3, 0.4) is 0 Å². The molecule has 0 spiro atoms. The highest BCUT2D eigenvalue weighted by Crippen LogP contribution is 2.14. The van der Waals surface area contributed by atoms with E-state index in [-0.39, 0.29) is 6.42 Å². The Morgan fingerprint density at radius 3 is 2.50 bits per heavy atom. The second-order valence-corrected chi connectivity index (χ2v) is 5.44. The number of nitrogens with zero attached hydrogens (tertiary/aromatic N) is 1. The average molecular weight is 322 g/mol. The van der Waals surface area contributed by atoms with Crippen LogP contribution >= 0.6 is 0 Å². The second kappa shape index (κ2) is 7.93. The van der Waals surface area contributed by atoms with Crippen molar-refractivity contribution in [1.82, 2.24) is 0 Å². The number of carbonyl (C=O) groups excluding carboxylic acids is 2. The van der Waals surface area contributed by atoms with E-state index in [2.05, 4.69) is 5.32 Å². The lowest BCUT2D eigenvalue weighted by Crippen LogP contribution is -2.30. The molecule has 2 aromatic rings. The minimum atomic E-state index is -0.949. The predicted octanol–water partition coefficient (Wildman–Crippen LogP) is 2.98. The van der Waals surface area contributed by atoms with Crippen LogP contribution in [0.4, 0.5) is 5.69 Å². The average Bonchev–Trinajstić information content (AvgIpc) is 2.57. The van der Waals surface area contributed by atoms with Gasteiger partial charge < -0.3 is 10.1 Å². The van der Waals surface area contributed by atoms with Crippen LogP contribution in [0.5, 0.6) is 0 Å². The van der Waals surface area contributed by atoms with Crippen LogP contribution in [-0.2, 0) is 20.7 Å². The van der Waals surface area contributed by atoms with E-state index in [1.165, 1.54) is 6.92 Å². The molecule has 2 rings (SSSR count). The number of anilines is 1. The first-order valence-corrected chi connectivity index (χ1v) is 7.54. The summed E-state index contributed by atoms with van der Waals surface area (Å²) < 4.78 is 5.16. The first-order valence-electron chi connectivity index (χ1n) is 7.54. The Hall–Kier alpha value is -3.13. The number of carbonyl (C=O) groups is 2. The molecular weight excluding hydrogens is 304 g/mol. The summed E-state index contributed by atoms with van der Waals surface area (Å²) in [7, 11) is 0. The number of esters is 1. The van der Waals surface area contributed by atoms with Crippen LogP contribution in [0.15, 0.2) is 48.5 Å². The van der Waals surface area contributed by atoms with Crippen LogP contribution in [0.25, 0.3) is 0 Å². The normalized spacial score (nSPS) is 11.2. The van der Waals surface area contributed by atoms with Gasteiger partial charge in [0.05, 0.1) is 17.7 Å². The van der Waals surface area contributed by atoms with Crippen molar-refractivity contribution in [2.45, 2.75) is 26.4 Å². The molecule has 2 aromatic carbocycles. The predicted molar refractivity (Wildman–Crippen MR) is 90.2 cm³/mol. The number of amides is 1. The minimum absolute atomic E-state index is 0.104. The quantitative estimate of drug-likeness (QED) is 0.858. The van der Waals surface area contributed by atoms with Gasteiger partial charge in [-0.1, -0.05) is 42.0 Å². The monoisotopic (exact) mass is 322 g/mol. The zero-order valence-electron chi connectivity index (χ0n) is 13.6. The topological polar surface area (TPSA) is 79.2 Å². The SMILES string of the molecule is Cc1ccc(CC(=O)OC(C)C(=O)Nc2ccccc2C#N)cc1. The van der Waals surface area contributed by atoms with Crippen LogP contribution in [0, 0.1) is 18.3 Å². The van der Waals surface area contributed by atoms with Gasteiger partial charge in [0, 0.05) is 0 Å². The Bertz CT molecular complexity index is 776.